The van der Waals surface area contributed by atoms with Crippen molar-refractivity contribution in [3.05, 3.63) is 211 Å². The van der Waals surface area contributed by atoms with Gasteiger partial charge in [-0.3, -0.25) is 0 Å². The van der Waals surface area contributed by atoms with E-state index in [1.54, 1.807) is 0 Å². The fraction of sp³-hybridized carbons (Fsp3) is 0.0545. The fourth-order valence-corrected chi connectivity index (χ4v) is 9.29. The third-order valence-corrected chi connectivity index (χ3v) is 12.1. The van der Waals surface area contributed by atoms with Crippen molar-refractivity contribution < 1.29 is 4.42 Å². The molecule has 0 unspecified atom stereocenters. The van der Waals surface area contributed by atoms with Gasteiger partial charge in [-0.25, -0.2) is 0 Å². The van der Waals surface area contributed by atoms with Gasteiger partial charge in [0.15, 0.2) is 0 Å². The summed E-state index contributed by atoms with van der Waals surface area (Å²) >= 11 is 0. The predicted molar refractivity (Wildman–Crippen MR) is 240 cm³/mol. The molecule has 9 aromatic carbocycles. The van der Waals surface area contributed by atoms with E-state index in [4.69, 9.17) is 4.42 Å². The van der Waals surface area contributed by atoms with Crippen molar-refractivity contribution in [2.45, 2.75) is 19.3 Å². The molecule has 2 heteroatoms. The first-order valence-corrected chi connectivity index (χ1v) is 19.8. The van der Waals surface area contributed by atoms with Gasteiger partial charge in [-0.15, -0.1) is 0 Å². The standard InChI is InChI=1S/C55H39NO/c1-55(2)49-23-9-6-18-43(49)44-32-28-39(34-50(44)55)36-26-29-40(30-27-36)56(41-31-33-53-48(35-41)46-20-8-11-25-52(46)57-53)51-24-10-7-19-45(51)47-22-13-17-38-16-12-21-42(54(38)47)37-14-4-3-5-15-37/h3-35H,1-2H3. The molecule has 0 spiro atoms. The number of fused-ring (bicyclic) bond motifs is 7. The Hall–Kier alpha value is -7.16. The molecular formula is C55H39NO. The van der Waals surface area contributed by atoms with Crippen LogP contribution in [-0.4, -0.2) is 0 Å². The summed E-state index contributed by atoms with van der Waals surface area (Å²) < 4.78 is 6.31. The Kier molecular flexibility index (Phi) is 7.55. The number of hydrogen-bond acceptors (Lipinski definition) is 2. The van der Waals surface area contributed by atoms with Gasteiger partial charge in [0, 0.05) is 33.1 Å². The second-order valence-electron chi connectivity index (χ2n) is 15.7. The summed E-state index contributed by atoms with van der Waals surface area (Å²) in [6.45, 7) is 4.69. The van der Waals surface area contributed by atoms with Gasteiger partial charge in [0.1, 0.15) is 11.2 Å². The summed E-state index contributed by atoms with van der Waals surface area (Å²) in [5.74, 6) is 0. The molecule has 0 saturated heterocycles. The van der Waals surface area contributed by atoms with Gasteiger partial charge in [-0.1, -0.05) is 166 Å². The van der Waals surface area contributed by atoms with E-state index in [1.165, 1.54) is 60.8 Å². The minimum Gasteiger partial charge on any atom is -0.456 e. The first-order valence-electron chi connectivity index (χ1n) is 19.8. The molecule has 1 aliphatic rings. The van der Waals surface area contributed by atoms with Gasteiger partial charge < -0.3 is 9.32 Å². The van der Waals surface area contributed by atoms with Crippen molar-refractivity contribution in [3.63, 3.8) is 0 Å². The number of para-hydroxylation sites is 2. The molecule has 11 rings (SSSR count). The fourth-order valence-electron chi connectivity index (χ4n) is 9.29. The van der Waals surface area contributed by atoms with Gasteiger partial charge >= 0.3 is 0 Å². The summed E-state index contributed by atoms with van der Waals surface area (Å²) in [5.41, 5.74) is 17.6. The van der Waals surface area contributed by atoms with Crippen molar-refractivity contribution in [3.8, 4) is 44.5 Å². The van der Waals surface area contributed by atoms with Gasteiger partial charge in [0.25, 0.3) is 0 Å². The molecule has 0 aliphatic heterocycles. The lowest BCUT2D eigenvalue weighted by molar-refractivity contribution is 0.660. The Bertz CT molecular complexity index is 3150. The largest absolute Gasteiger partial charge is 0.456 e. The average molecular weight is 730 g/mol. The number of nitrogens with zero attached hydrogens (tertiary/aromatic N) is 1. The van der Waals surface area contributed by atoms with Gasteiger partial charge in [-0.2, -0.15) is 0 Å². The average Bonchev–Trinajstić information content (AvgIpc) is 3.75. The maximum atomic E-state index is 6.31. The topological polar surface area (TPSA) is 16.4 Å². The molecule has 57 heavy (non-hydrogen) atoms. The summed E-state index contributed by atoms with van der Waals surface area (Å²) in [5, 5.41) is 4.67. The quantitative estimate of drug-likeness (QED) is 0.169. The maximum Gasteiger partial charge on any atom is 0.135 e. The molecule has 1 aromatic heterocycles. The van der Waals surface area contributed by atoms with Crippen LogP contribution in [0.4, 0.5) is 17.1 Å². The third kappa shape index (κ3) is 5.33. The molecular weight excluding hydrogens is 691 g/mol. The zero-order valence-electron chi connectivity index (χ0n) is 31.9. The molecule has 0 saturated carbocycles. The number of rotatable bonds is 6. The number of benzene rings is 9. The molecule has 2 nitrogen and oxygen atoms in total. The Labute approximate surface area is 332 Å². The lowest BCUT2D eigenvalue weighted by atomic mass is 9.81. The van der Waals surface area contributed by atoms with Crippen molar-refractivity contribution in [2.75, 3.05) is 4.90 Å². The van der Waals surface area contributed by atoms with E-state index >= 15 is 0 Å². The van der Waals surface area contributed by atoms with Crippen LogP contribution in [0.15, 0.2) is 205 Å². The highest BCUT2D eigenvalue weighted by Gasteiger charge is 2.35. The van der Waals surface area contributed by atoms with Crippen LogP contribution in [0, 0.1) is 0 Å². The predicted octanol–water partition coefficient (Wildman–Crippen LogP) is 15.5. The van der Waals surface area contributed by atoms with Crippen molar-refractivity contribution in [2.24, 2.45) is 0 Å². The highest BCUT2D eigenvalue weighted by Crippen LogP contribution is 2.50. The summed E-state index contributed by atoms with van der Waals surface area (Å²) in [7, 11) is 0. The molecule has 1 aliphatic carbocycles. The van der Waals surface area contributed by atoms with Crippen LogP contribution in [0.25, 0.3) is 77.2 Å². The zero-order chi connectivity index (χ0) is 38.1. The smallest absolute Gasteiger partial charge is 0.135 e. The van der Waals surface area contributed by atoms with E-state index in [2.05, 4.69) is 207 Å². The summed E-state index contributed by atoms with van der Waals surface area (Å²) in [4.78, 5) is 2.41. The molecule has 1 heterocycles. The number of furan rings is 1. The van der Waals surface area contributed by atoms with Crippen LogP contribution in [0.3, 0.4) is 0 Å². The Morgan fingerprint density at radius 3 is 1.86 bits per heavy atom. The molecule has 10 aromatic rings. The highest BCUT2D eigenvalue weighted by molar-refractivity contribution is 6.10. The second-order valence-corrected chi connectivity index (χ2v) is 15.7. The Morgan fingerprint density at radius 1 is 0.386 bits per heavy atom. The number of hydrogen-bond donors (Lipinski definition) is 0. The van der Waals surface area contributed by atoms with E-state index in [0.29, 0.717) is 0 Å². The molecule has 0 N–H and O–H groups in total. The monoisotopic (exact) mass is 729 g/mol. The van der Waals surface area contributed by atoms with Crippen molar-refractivity contribution in [1.82, 2.24) is 0 Å². The Balaban J connectivity index is 1.09. The first-order chi connectivity index (χ1) is 28.0. The first kappa shape index (κ1) is 33.2. The van der Waals surface area contributed by atoms with Gasteiger partial charge in [-0.05, 0) is 109 Å². The van der Waals surface area contributed by atoms with E-state index in [0.717, 1.165) is 44.6 Å². The van der Waals surface area contributed by atoms with Crippen LogP contribution >= 0.6 is 0 Å². The lowest BCUT2D eigenvalue weighted by Gasteiger charge is -2.28. The van der Waals surface area contributed by atoms with Crippen molar-refractivity contribution in [1.29, 1.82) is 0 Å². The van der Waals surface area contributed by atoms with Crippen LogP contribution in [0.2, 0.25) is 0 Å². The summed E-state index contributed by atoms with van der Waals surface area (Å²) in [6.07, 6.45) is 0. The minimum atomic E-state index is -0.0553. The highest BCUT2D eigenvalue weighted by atomic mass is 16.3. The van der Waals surface area contributed by atoms with Crippen LogP contribution in [-0.2, 0) is 5.41 Å². The van der Waals surface area contributed by atoms with E-state index in [9.17, 15) is 0 Å². The third-order valence-electron chi connectivity index (χ3n) is 12.1. The van der Waals surface area contributed by atoms with E-state index in [1.807, 2.05) is 12.1 Å². The minimum absolute atomic E-state index is 0.0553. The van der Waals surface area contributed by atoms with Crippen LogP contribution in [0.5, 0.6) is 0 Å². The normalized spacial score (nSPS) is 12.9. The molecule has 0 fully saturated rings. The van der Waals surface area contributed by atoms with Crippen LogP contribution in [0.1, 0.15) is 25.0 Å². The van der Waals surface area contributed by atoms with Crippen LogP contribution < -0.4 is 4.90 Å². The second kappa shape index (κ2) is 13.0. The lowest BCUT2D eigenvalue weighted by Crippen LogP contribution is -2.14. The SMILES string of the molecule is CC1(C)c2ccccc2-c2ccc(-c3ccc(N(c4ccc5oc6ccccc6c5c4)c4ccccc4-c4cccc5cccc(-c6ccccc6)c45)cc3)cc21. The molecule has 0 amide bonds. The van der Waals surface area contributed by atoms with E-state index in [-0.39, 0.29) is 5.41 Å². The van der Waals surface area contributed by atoms with Gasteiger partial charge in [0.05, 0.1) is 5.69 Å². The molecule has 270 valence electrons. The molecule has 0 bridgehead atoms. The molecule has 0 atom stereocenters. The Morgan fingerprint density at radius 2 is 1.02 bits per heavy atom. The maximum absolute atomic E-state index is 6.31. The van der Waals surface area contributed by atoms with E-state index < -0.39 is 0 Å². The van der Waals surface area contributed by atoms with Crippen molar-refractivity contribution >= 4 is 49.8 Å². The molecule has 0 radical (unpaired) electrons. The van der Waals surface area contributed by atoms with Gasteiger partial charge in [0.2, 0.25) is 0 Å². The summed E-state index contributed by atoms with van der Waals surface area (Å²) in [6, 6.07) is 72.7. The zero-order valence-corrected chi connectivity index (χ0v) is 31.9. The number of anilines is 3.